The number of hydrogen-bond donors (Lipinski definition) is 1. The van der Waals surface area contributed by atoms with Crippen molar-refractivity contribution < 1.29 is 4.74 Å². The Hall–Kier alpha value is -1.17. The second kappa shape index (κ2) is 6.94. The number of nitrogens with one attached hydrogen (secondary N) is 1. The van der Waals surface area contributed by atoms with Gasteiger partial charge in [-0.15, -0.1) is 11.3 Å². The molecule has 0 spiro atoms. The number of aromatic nitrogens is 2. The average molecular weight is 319 g/mol. The van der Waals surface area contributed by atoms with Gasteiger partial charge in [0.2, 0.25) is 0 Å². The SMILES string of the molecule is Cc1n[nH]c(C)c1CCN(C)Cc1ccc(C2CCCO2)s1. The first-order valence-electron chi connectivity index (χ1n) is 8.02. The number of aryl methyl sites for hydroxylation is 2. The van der Waals surface area contributed by atoms with E-state index in [0.29, 0.717) is 6.10 Å². The molecular weight excluding hydrogens is 294 g/mol. The van der Waals surface area contributed by atoms with E-state index in [9.17, 15) is 0 Å². The van der Waals surface area contributed by atoms with Crippen molar-refractivity contribution in [1.29, 1.82) is 0 Å². The van der Waals surface area contributed by atoms with E-state index in [4.69, 9.17) is 4.74 Å². The summed E-state index contributed by atoms with van der Waals surface area (Å²) < 4.78 is 5.77. The average Bonchev–Trinajstić information content (AvgIpc) is 3.20. The van der Waals surface area contributed by atoms with E-state index >= 15 is 0 Å². The van der Waals surface area contributed by atoms with Crippen LogP contribution >= 0.6 is 11.3 Å². The van der Waals surface area contributed by atoms with Crippen LogP contribution in [-0.4, -0.2) is 35.3 Å². The van der Waals surface area contributed by atoms with Gasteiger partial charge in [-0.25, -0.2) is 0 Å². The predicted octanol–water partition coefficient (Wildman–Crippen LogP) is 3.61. The molecule has 0 saturated carbocycles. The summed E-state index contributed by atoms with van der Waals surface area (Å²) in [5.41, 5.74) is 3.68. The minimum absolute atomic E-state index is 0.347. The molecule has 22 heavy (non-hydrogen) atoms. The number of likely N-dealkylation sites (N-methyl/N-ethyl adjacent to an activating group) is 1. The molecule has 3 heterocycles. The summed E-state index contributed by atoms with van der Waals surface area (Å²) in [7, 11) is 2.19. The van der Waals surface area contributed by atoms with Gasteiger partial charge in [-0.2, -0.15) is 5.10 Å². The maximum atomic E-state index is 5.77. The smallest absolute Gasteiger partial charge is 0.0917 e. The fourth-order valence-electron chi connectivity index (χ4n) is 3.04. The molecule has 1 unspecified atom stereocenters. The van der Waals surface area contributed by atoms with Crippen LogP contribution in [0.4, 0.5) is 0 Å². The third-order valence-corrected chi connectivity index (χ3v) is 5.54. The van der Waals surface area contributed by atoms with Crippen molar-refractivity contribution in [2.24, 2.45) is 0 Å². The van der Waals surface area contributed by atoms with E-state index in [0.717, 1.165) is 31.8 Å². The van der Waals surface area contributed by atoms with Crippen molar-refractivity contribution in [2.45, 2.75) is 45.8 Å². The molecule has 1 aliphatic heterocycles. The molecule has 4 nitrogen and oxygen atoms in total. The van der Waals surface area contributed by atoms with Gasteiger partial charge in [0.1, 0.15) is 0 Å². The van der Waals surface area contributed by atoms with Crippen molar-refractivity contribution in [3.8, 4) is 0 Å². The third kappa shape index (κ3) is 3.59. The van der Waals surface area contributed by atoms with Crippen LogP contribution in [0.25, 0.3) is 0 Å². The lowest BCUT2D eigenvalue weighted by Crippen LogP contribution is -2.20. The third-order valence-electron chi connectivity index (χ3n) is 4.38. The number of nitrogens with zero attached hydrogens (tertiary/aromatic N) is 2. The largest absolute Gasteiger partial charge is 0.373 e. The van der Waals surface area contributed by atoms with E-state index in [1.54, 1.807) is 0 Å². The van der Waals surface area contributed by atoms with Gasteiger partial charge in [-0.3, -0.25) is 5.10 Å². The molecule has 2 aromatic heterocycles. The van der Waals surface area contributed by atoms with E-state index < -0.39 is 0 Å². The zero-order chi connectivity index (χ0) is 15.5. The van der Waals surface area contributed by atoms with Crippen LogP contribution in [0.5, 0.6) is 0 Å². The first-order valence-corrected chi connectivity index (χ1v) is 8.84. The van der Waals surface area contributed by atoms with Gasteiger partial charge in [-0.05, 0) is 57.9 Å². The molecule has 1 atom stereocenters. The Balaban J connectivity index is 1.52. The normalized spacial score (nSPS) is 18.5. The van der Waals surface area contributed by atoms with Crippen LogP contribution in [-0.2, 0) is 17.7 Å². The van der Waals surface area contributed by atoms with Crippen LogP contribution < -0.4 is 0 Å². The molecule has 0 aromatic carbocycles. The highest BCUT2D eigenvalue weighted by molar-refractivity contribution is 7.12. The van der Waals surface area contributed by atoms with Crippen LogP contribution in [0.3, 0.4) is 0 Å². The van der Waals surface area contributed by atoms with Gasteiger partial charge in [0.15, 0.2) is 0 Å². The first-order chi connectivity index (χ1) is 10.6. The van der Waals surface area contributed by atoms with Crippen LogP contribution in [0.2, 0.25) is 0 Å². The van der Waals surface area contributed by atoms with Gasteiger partial charge < -0.3 is 9.64 Å². The maximum Gasteiger partial charge on any atom is 0.0917 e. The molecule has 3 rings (SSSR count). The Morgan fingerprint density at radius 3 is 2.95 bits per heavy atom. The summed E-state index contributed by atoms with van der Waals surface area (Å²) in [6, 6.07) is 4.50. The van der Waals surface area contributed by atoms with Crippen molar-refractivity contribution in [1.82, 2.24) is 15.1 Å². The minimum Gasteiger partial charge on any atom is -0.373 e. The number of aromatic amines is 1. The fraction of sp³-hybridized carbons (Fsp3) is 0.588. The molecule has 1 fully saturated rings. The van der Waals surface area contributed by atoms with Crippen molar-refractivity contribution in [3.63, 3.8) is 0 Å². The highest BCUT2D eigenvalue weighted by Gasteiger charge is 2.19. The van der Waals surface area contributed by atoms with Gasteiger partial charge in [0.25, 0.3) is 0 Å². The summed E-state index contributed by atoms with van der Waals surface area (Å²) in [5, 5.41) is 7.33. The minimum atomic E-state index is 0.347. The number of H-pyrrole nitrogens is 1. The molecule has 120 valence electrons. The lowest BCUT2D eigenvalue weighted by Gasteiger charge is -2.15. The zero-order valence-electron chi connectivity index (χ0n) is 13.7. The fourth-order valence-corrected chi connectivity index (χ4v) is 4.22. The highest BCUT2D eigenvalue weighted by Crippen LogP contribution is 2.33. The lowest BCUT2D eigenvalue weighted by molar-refractivity contribution is 0.114. The summed E-state index contributed by atoms with van der Waals surface area (Å²) >= 11 is 1.90. The lowest BCUT2D eigenvalue weighted by atomic mass is 10.1. The molecule has 5 heteroatoms. The molecule has 1 N–H and O–H groups in total. The van der Waals surface area contributed by atoms with E-state index in [-0.39, 0.29) is 0 Å². The summed E-state index contributed by atoms with van der Waals surface area (Å²) in [6.45, 7) is 7.15. The molecule has 2 aromatic rings. The van der Waals surface area contributed by atoms with E-state index in [1.165, 1.54) is 33.9 Å². The second-order valence-corrected chi connectivity index (χ2v) is 7.41. The number of ether oxygens (including phenoxy) is 1. The van der Waals surface area contributed by atoms with Crippen molar-refractivity contribution in [3.05, 3.63) is 38.8 Å². The molecule has 0 amide bonds. The van der Waals surface area contributed by atoms with Gasteiger partial charge in [-0.1, -0.05) is 0 Å². The summed E-state index contributed by atoms with van der Waals surface area (Å²) in [4.78, 5) is 5.20. The molecule has 1 saturated heterocycles. The number of rotatable bonds is 6. The maximum absolute atomic E-state index is 5.77. The van der Waals surface area contributed by atoms with E-state index in [2.05, 4.69) is 48.1 Å². The number of thiophene rings is 1. The monoisotopic (exact) mass is 319 g/mol. The topological polar surface area (TPSA) is 41.2 Å². The summed E-state index contributed by atoms with van der Waals surface area (Å²) in [6.07, 6.45) is 3.77. The Labute approximate surface area is 136 Å². The molecule has 0 bridgehead atoms. The first kappa shape index (κ1) is 15.7. The molecule has 1 aliphatic rings. The van der Waals surface area contributed by atoms with Crippen molar-refractivity contribution in [2.75, 3.05) is 20.2 Å². The number of hydrogen-bond acceptors (Lipinski definition) is 4. The molecule has 0 aliphatic carbocycles. The van der Waals surface area contributed by atoms with Gasteiger partial charge in [0.05, 0.1) is 11.8 Å². The van der Waals surface area contributed by atoms with E-state index in [1.807, 2.05) is 11.3 Å². The Morgan fingerprint density at radius 1 is 1.41 bits per heavy atom. The molecule has 0 radical (unpaired) electrons. The van der Waals surface area contributed by atoms with Crippen LogP contribution in [0.1, 0.15) is 45.7 Å². The van der Waals surface area contributed by atoms with Gasteiger partial charge >= 0.3 is 0 Å². The quantitative estimate of drug-likeness (QED) is 0.884. The Bertz CT molecular complexity index is 594. The zero-order valence-corrected chi connectivity index (χ0v) is 14.5. The summed E-state index contributed by atoms with van der Waals surface area (Å²) in [5.74, 6) is 0. The van der Waals surface area contributed by atoms with Gasteiger partial charge in [0, 0.05) is 35.1 Å². The van der Waals surface area contributed by atoms with Crippen LogP contribution in [0, 0.1) is 13.8 Å². The van der Waals surface area contributed by atoms with Crippen LogP contribution in [0.15, 0.2) is 12.1 Å². The predicted molar refractivity (Wildman–Crippen MR) is 90.3 cm³/mol. The second-order valence-electron chi connectivity index (χ2n) is 6.21. The Kier molecular flexibility index (Phi) is 4.96. The van der Waals surface area contributed by atoms with Crippen molar-refractivity contribution >= 4 is 11.3 Å². The standard InChI is InChI=1S/C17H25N3OS/c1-12-15(13(2)19-18-12)8-9-20(3)11-14-6-7-17(22-14)16-5-4-10-21-16/h6-7,16H,4-5,8-11H2,1-3H3,(H,18,19). The molecular formula is C17H25N3OS. The Morgan fingerprint density at radius 2 is 2.27 bits per heavy atom. The highest BCUT2D eigenvalue weighted by atomic mass is 32.1.